The lowest BCUT2D eigenvalue weighted by Crippen LogP contribution is -2.31. The van der Waals surface area contributed by atoms with E-state index >= 15 is 0 Å². The van der Waals surface area contributed by atoms with E-state index < -0.39 is 6.04 Å². The minimum Gasteiger partial charge on any atom is -0.480 e. The van der Waals surface area contributed by atoms with Gasteiger partial charge in [0, 0.05) is 29.0 Å². The van der Waals surface area contributed by atoms with E-state index in [2.05, 4.69) is 9.97 Å². The zero-order chi connectivity index (χ0) is 27.8. The van der Waals surface area contributed by atoms with E-state index in [1.807, 2.05) is 48.7 Å². The second-order valence-corrected chi connectivity index (χ2v) is 10.1. The Morgan fingerprint density at radius 3 is 2.38 bits per heavy atom. The van der Waals surface area contributed by atoms with E-state index in [-0.39, 0.29) is 23.8 Å². The number of nitrogens with zero attached hydrogens (tertiary/aromatic N) is 5. The summed E-state index contributed by atoms with van der Waals surface area (Å²) in [5.74, 6) is 0.501. The summed E-state index contributed by atoms with van der Waals surface area (Å²) in [7, 11) is 4.62. The van der Waals surface area contributed by atoms with Crippen molar-refractivity contribution in [1.29, 1.82) is 0 Å². The SMILES string of the molecule is COC[C@H](C)n1c(-c2cnc(OC)nc2OC)nc2c1C(c1ccc(Cl)cc1)N(c1cc(Cl)ccc1C)C2=O. The molecule has 2 atom stereocenters. The van der Waals surface area contributed by atoms with Crippen molar-refractivity contribution in [2.45, 2.75) is 25.9 Å². The number of hydrogen-bond acceptors (Lipinski definition) is 7. The fraction of sp³-hybridized carbons (Fsp3) is 0.286. The van der Waals surface area contributed by atoms with Gasteiger partial charge in [0.25, 0.3) is 5.91 Å². The number of rotatable bonds is 8. The van der Waals surface area contributed by atoms with E-state index in [1.54, 1.807) is 30.3 Å². The molecule has 0 spiro atoms. The smallest absolute Gasteiger partial charge is 0.319 e. The lowest BCUT2D eigenvalue weighted by Gasteiger charge is -2.30. The number of fused-ring (bicyclic) bond motifs is 1. The number of carbonyl (C=O) groups excluding carboxylic acids is 1. The normalized spacial score (nSPS) is 15.4. The van der Waals surface area contributed by atoms with Crippen LogP contribution in [0.3, 0.4) is 0 Å². The summed E-state index contributed by atoms with van der Waals surface area (Å²) in [6.45, 7) is 4.32. The third-order valence-electron chi connectivity index (χ3n) is 6.70. The summed E-state index contributed by atoms with van der Waals surface area (Å²) >= 11 is 12.6. The highest BCUT2D eigenvalue weighted by Gasteiger charge is 2.45. The molecule has 1 unspecified atom stereocenters. The molecule has 2 aromatic carbocycles. The Bertz CT molecular complexity index is 1540. The first-order chi connectivity index (χ1) is 18.8. The number of benzene rings is 2. The number of anilines is 1. The van der Waals surface area contributed by atoms with Crippen molar-refractivity contribution < 1.29 is 19.0 Å². The highest BCUT2D eigenvalue weighted by Crippen LogP contribution is 2.46. The quantitative estimate of drug-likeness (QED) is 0.260. The first-order valence-electron chi connectivity index (χ1n) is 12.2. The molecule has 1 aliphatic heterocycles. The van der Waals surface area contributed by atoms with Gasteiger partial charge in [-0.1, -0.05) is 41.4 Å². The van der Waals surface area contributed by atoms with Gasteiger partial charge in [0.1, 0.15) is 11.9 Å². The van der Waals surface area contributed by atoms with E-state index in [0.29, 0.717) is 45.1 Å². The van der Waals surface area contributed by atoms with Crippen LogP contribution in [0.25, 0.3) is 11.4 Å². The van der Waals surface area contributed by atoms with Crippen LogP contribution >= 0.6 is 23.2 Å². The molecule has 0 aliphatic carbocycles. The molecule has 3 heterocycles. The van der Waals surface area contributed by atoms with Gasteiger partial charge >= 0.3 is 6.01 Å². The highest BCUT2D eigenvalue weighted by atomic mass is 35.5. The summed E-state index contributed by atoms with van der Waals surface area (Å²) < 4.78 is 18.3. The number of ether oxygens (including phenoxy) is 3. The Morgan fingerprint density at radius 1 is 1.00 bits per heavy atom. The first kappa shape index (κ1) is 26.9. The number of hydrogen-bond donors (Lipinski definition) is 0. The minimum atomic E-state index is -0.521. The monoisotopic (exact) mass is 567 g/mol. The van der Waals surface area contributed by atoms with Crippen LogP contribution in [0.2, 0.25) is 10.0 Å². The Hall–Kier alpha value is -3.66. The number of methoxy groups -OCH3 is 3. The summed E-state index contributed by atoms with van der Waals surface area (Å²) in [6.07, 6.45) is 1.58. The Balaban J connectivity index is 1.80. The van der Waals surface area contributed by atoms with Crippen LogP contribution < -0.4 is 14.4 Å². The Labute approximate surface area is 236 Å². The van der Waals surface area contributed by atoms with Gasteiger partial charge in [0.05, 0.1) is 38.1 Å². The number of imidazole rings is 1. The zero-order valence-corrected chi connectivity index (χ0v) is 23.6. The van der Waals surface area contributed by atoms with E-state index in [1.165, 1.54) is 14.2 Å². The average Bonchev–Trinajstić information content (AvgIpc) is 3.45. The molecule has 9 nitrogen and oxygen atoms in total. The topological polar surface area (TPSA) is 91.6 Å². The van der Waals surface area contributed by atoms with Crippen molar-refractivity contribution in [2.75, 3.05) is 32.8 Å². The maximum absolute atomic E-state index is 14.2. The second-order valence-electron chi connectivity index (χ2n) is 9.18. The van der Waals surface area contributed by atoms with Gasteiger partial charge in [0.15, 0.2) is 5.69 Å². The molecule has 1 amide bonds. The largest absolute Gasteiger partial charge is 0.480 e. The lowest BCUT2D eigenvalue weighted by molar-refractivity contribution is 0.0989. The zero-order valence-electron chi connectivity index (χ0n) is 22.1. The van der Waals surface area contributed by atoms with E-state index in [4.69, 9.17) is 42.4 Å². The summed E-state index contributed by atoms with van der Waals surface area (Å²) in [5, 5.41) is 1.12. The number of aryl methyl sites for hydroxylation is 1. The third-order valence-corrected chi connectivity index (χ3v) is 7.19. The fourth-order valence-corrected chi connectivity index (χ4v) is 5.26. The molecule has 202 valence electrons. The van der Waals surface area contributed by atoms with Crippen LogP contribution in [-0.2, 0) is 4.74 Å². The van der Waals surface area contributed by atoms with Crippen molar-refractivity contribution in [3.05, 3.63) is 81.2 Å². The summed E-state index contributed by atoms with van der Waals surface area (Å²) in [5.41, 5.74) is 4.00. The molecule has 39 heavy (non-hydrogen) atoms. The second kappa shape index (κ2) is 10.8. The van der Waals surface area contributed by atoms with E-state index in [9.17, 15) is 4.79 Å². The van der Waals surface area contributed by atoms with Crippen LogP contribution in [0, 0.1) is 6.92 Å². The lowest BCUT2D eigenvalue weighted by atomic mass is 10.0. The molecule has 0 fully saturated rings. The van der Waals surface area contributed by atoms with Gasteiger partial charge in [-0.05, 0) is 49.2 Å². The van der Waals surface area contributed by atoms with Crippen molar-refractivity contribution in [2.24, 2.45) is 0 Å². The molecule has 0 saturated heterocycles. The predicted molar refractivity (Wildman–Crippen MR) is 149 cm³/mol. The van der Waals surface area contributed by atoms with Crippen LogP contribution in [0.4, 0.5) is 5.69 Å². The maximum Gasteiger partial charge on any atom is 0.319 e. The first-order valence-corrected chi connectivity index (χ1v) is 13.0. The van der Waals surface area contributed by atoms with Gasteiger partial charge in [-0.15, -0.1) is 0 Å². The molecule has 0 bridgehead atoms. The van der Waals surface area contributed by atoms with Crippen LogP contribution in [0.15, 0.2) is 48.7 Å². The third kappa shape index (κ3) is 4.71. The Kier molecular flexibility index (Phi) is 7.48. The molecule has 11 heteroatoms. The van der Waals surface area contributed by atoms with Crippen LogP contribution in [0.1, 0.15) is 46.3 Å². The predicted octanol–water partition coefficient (Wildman–Crippen LogP) is 5.93. The highest BCUT2D eigenvalue weighted by molar-refractivity contribution is 6.31. The molecule has 5 rings (SSSR count). The summed E-state index contributed by atoms with van der Waals surface area (Å²) in [4.78, 5) is 29.5. The molecule has 0 saturated carbocycles. The molecule has 0 radical (unpaired) electrons. The van der Waals surface area contributed by atoms with Gasteiger partial charge in [-0.2, -0.15) is 4.98 Å². The number of amides is 1. The number of carbonyl (C=O) groups is 1. The van der Waals surface area contributed by atoms with Gasteiger partial charge < -0.3 is 18.8 Å². The summed E-state index contributed by atoms with van der Waals surface area (Å²) in [6, 6.07) is 12.4. The van der Waals surface area contributed by atoms with Crippen molar-refractivity contribution >= 4 is 34.8 Å². The molecule has 2 aromatic heterocycles. The van der Waals surface area contributed by atoms with Gasteiger partial charge in [0.2, 0.25) is 5.88 Å². The fourth-order valence-electron chi connectivity index (χ4n) is 4.97. The van der Waals surface area contributed by atoms with Crippen molar-refractivity contribution in [3.8, 4) is 23.3 Å². The Morgan fingerprint density at radius 2 is 1.72 bits per heavy atom. The minimum absolute atomic E-state index is 0.156. The average molecular weight is 568 g/mol. The molecular weight excluding hydrogens is 541 g/mol. The number of halogens is 2. The molecule has 1 aliphatic rings. The van der Waals surface area contributed by atoms with Crippen molar-refractivity contribution in [3.63, 3.8) is 0 Å². The molecular formula is C28H27Cl2N5O4. The maximum atomic E-state index is 14.2. The standard InChI is InChI=1S/C28H27Cl2N5O4/c1-15-6-9-19(30)12-21(15)35-23(17-7-10-18(29)11-8-17)24-22(27(35)36)32-25(34(24)16(2)14-37-3)20-13-31-28(39-5)33-26(20)38-4/h6-13,16,23H,14H2,1-5H3/t16-,23?/m0/s1. The van der Waals surface area contributed by atoms with Crippen LogP contribution in [-0.4, -0.2) is 53.4 Å². The molecule has 4 aromatic rings. The van der Waals surface area contributed by atoms with E-state index in [0.717, 1.165) is 11.1 Å². The van der Waals surface area contributed by atoms with Gasteiger partial charge in [-0.25, -0.2) is 9.97 Å². The number of aromatic nitrogens is 4. The molecule has 0 N–H and O–H groups in total. The van der Waals surface area contributed by atoms with Crippen LogP contribution in [0.5, 0.6) is 11.9 Å². The van der Waals surface area contributed by atoms with Gasteiger partial charge in [-0.3, -0.25) is 9.69 Å². The van der Waals surface area contributed by atoms with Crippen molar-refractivity contribution in [1.82, 2.24) is 19.5 Å².